The number of nitrogens with one attached hydrogen (secondary N) is 1. The van der Waals surface area contributed by atoms with Crippen LogP contribution in [0.4, 0.5) is 0 Å². The number of nitrogens with zero attached hydrogens (tertiary/aromatic N) is 3. The van der Waals surface area contributed by atoms with Crippen LogP contribution in [0.25, 0.3) is 0 Å². The lowest BCUT2D eigenvalue weighted by Gasteiger charge is -2.32. The molecule has 1 heterocycles. The number of aromatic nitrogens is 2. The average molecular weight is 387 g/mol. The maximum absolute atomic E-state index is 10.4. The van der Waals surface area contributed by atoms with E-state index in [1.54, 1.807) is 6.20 Å². The summed E-state index contributed by atoms with van der Waals surface area (Å²) < 4.78 is 7.76. The van der Waals surface area contributed by atoms with E-state index in [-0.39, 0.29) is 0 Å². The van der Waals surface area contributed by atoms with Crippen molar-refractivity contribution in [1.82, 2.24) is 20.0 Å². The molecular formula is C22H34N4O2. The molecule has 1 saturated carbocycles. The van der Waals surface area contributed by atoms with Crippen molar-refractivity contribution in [3.63, 3.8) is 0 Å². The Kier molecular flexibility index (Phi) is 8.33. The molecule has 1 aromatic carbocycles. The van der Waals surface area contributed by atoms with Crippen LogP contribution in [0.15, 0.2) is 42.7 Å². The van der Waals surface area contributed by atoms with E-state index in [9.17, 15) is 5.11 Å². The first-order chi connectivity index (χ1) is 13.7. The monoisotopic (exact) mass is 386 g/mol. The van der Waals surface area contributed by atoms with Gasteiger partial charge in [0.25, 0.3) is 0 Å². The van der Waals surface area contributed by atoms with Gasteiger partial charge in [0.15, 0.2) is 0 Å². The Morgan fingerprint density at radius 2 is 2.14 bits per heavy atom. The van der Waals surface area contributed by atoms with Crippen LogP contribution in [-0.2, 0) is 13.1 Å². The molecular weight excluding hydrogens is 352 g/mol. The minimum atomic E-state index is -0.470. The molecule has 2 aromatic rings. The minimum Gasteiger partial charge on any atom is -0.491 e. The second-order valence-electron chi connectivity index (χ2n) is 7.79. The van der Waals surface area contributed by atoms with Crippen molar-refractivity contribution >= 4 is 0 Å². The molecule has 0 aliphatic heterocycles. The lowest BCUT2D eigenvalue weighted by Crippen LogP contribution is -2.40. The van der Waals surface area contributed by atoms with Crippen molar-refractivity contribution in [1.29, 1.82) is 0 Å². The molecule has 154 valence electrons. The fraction of sp³-hybridized carbons (Fsp3) is 0.591. The Balaban J connectivity index is 1.36. The second-order valence-corrected chi connectivity index (χ2v) is 7.79. The van der Waals surface area contributed by atoms with Gasteiger partial charge in [-0.1, -0.05) is 31.4 Å². The Morgan fingerprint density at radius 3 is 2.93 bits per heavy atom. The van der Waals surface area contributed by atoms with Crippen LogP contribution in [0.2, 0.25) is 0 Å². The molecule has 1 unspecified atom stereocenters. The summed E-state index contributed by atoms with van der Waals surface area (Å²) in [5.74, 6) is 0.811. The van der Waals surface area contributed by atoms with Crippen LogP contribution >= 0.6 is 0 Å². The van der Waals surface area contributed by atoms with Crippen molar-refractivity contribution in [3.8, 4) is 5.75 Å². The molecule has 28 heavy (non-hydrogen) atoms. The van der Waals surface area contributed by atoms with Gasteiger partial charge in [0, 0.05) is 38.1 Å². The predicted molar refractivity (Wildman–Crippen MR) is 111 cm³/mol. The molecule has 3 rings (SSSR count). The molecule has 1 aromatic heterocycles. The summed E-state index contributed by atoms with van der Waals surface area (Å²) in [7, 11) is 2.12. The van der Waals surface area contributed by atoms with Crippen LogP contribution < -0.4 is 10.1 Å². The summed E-state index contributed by atoms with van der Waals surface area (Å²) in [6.45, 7) is 3.49. The fourth-order valence-corrected chi connectivity index (χ4v) is 3.85. The van der Waals surface area contributed by atoms with Crippen molar-refractivity contribution in [3.05, 3.63) is 48.3 Å². The van der Waals surface area contributed by atoms with Gasteiger partial charge in [0.1, 0.15) is 18.5 Å². The van der Waals surface area contributed by atoms with Crippen molar-refractivity contribution in [2.75, 3.05) is 26.7 Å². The lowest BCUT2D eigenvalue weighted by atomic mass is 9.94. The maximum atomic E-state index is 10.4. The highest BCUT2D eigenvalue weighted by Crippen LogP contribution is 2.21. The van der Waals surface area contributed by atoms with E-state index in [2.05, 4.69) is 28.4 Å². The first-order valence-electron chi connectivity index (χ1n) is 10.5. The van der Waals surface area contributed by atoms with E-state index in [4.69, 9.17) is 4.74 Å². The molecule has 0 radical (unpaired) electrons. The number of ether oxygens (including phenoxy) is 1. The topological polar surface area (TPSA) is 62.6 Å². The smallest absolute Gasteiger partial charge is 0.119 e. The summed E-state index contributed by atoms with van der Waals surface area (Å²) in [5.41, 5.74) is 1.17. The molecule has 2 N–H and O–H groups in total. The summed E-state index contributed by atoms with van der Waals surface area (Å²) in [5, 5.41) is 18.0. The highest BCUT2D eigenvalue weighted by Gasteiger charge is 2.20. The van der Waals surface area contributed by atoms with E-state index < -0.39 is 6.10 Å². The normalized spacial score (nSPS) is 16.4. The standard InChI is InChI=1S/C22H34N4O2/c1-25(20-8-3-2-4-9-20)17-21(27)18-28-22-10-5-7-19(15-22)16-23-12-14-26-13-6-11-24-26/h5-7,10-11,13,15,20-21,23,27H,2-4,8-9,12,14,16-18H2,1H3. The molecule has 0 saturated heterocycles. The summed E-state index contributed by atoms with van der Waals surface area (Å²) in [6.07, 6.45) is 9.76. The summed E-state index contributed by atoms with van der Waals surface area (Å²) in [4.78, 5) is 2.30. The van der Waals surface area contributed by atoms with E-state index >= 15 is 0 Å². The van der Waals surface area contributed by atoms with Gasteiger partial charge >= 0.3 is 0 Å². The van der Waals surface area contributed by atoms with E-state index in [1.807, 2.05) is 35.1 Å². The van der Waals surface area contributed by atoms with Crippen LogP contribution in [0.3, 0.4) is 0 Å². The van der Waals surface area contributed by atoms with Gasteiger partial charge in [-0.25, -0.2) is 0 Å². The number of likely N-dealkylation sites (N-methyl/N-ethyl adjacent to an activating group) is 1. The molecule has 1 fully saturated rings. The maximum Gasteiger partial charge on any atom is 0.119 e. The molecule has 0 spiro atoms. The van der Waals surface area contributed by atoms with Gasteiger partial charge in [0.05, 0.1) is 6.54 Å². The van der Waals surface area contributed by atoms with Crippen molar-refractivity contribution in [2.24, 2.45) is 0 Å². The quantitative estimate of drug-likeness (QED) is 0.582. The Bertz CT molecular complexity index is 671. The number of hydrogen-bond donors (Lipinski definition) is 2. The third kappa shape index (κ3) is 6.93. The Hall–Kier alpha value is -1.89. The average Bonchev–Trinajstić information content (AvgIpc) is 3.24. The predicted octanol–water partition coefficient (Wildman–Crippen LogP) is 2.68. The Morgan fingerprint density at radius 1 is 1.29 bits per heavy atom. The SMILES string of the molecule is CN(CC(O)COc1cccc(CNCCn2cccn2)c1)C1CCCCC1. The van der Waals surface area contributed by atoms with Gasteiger partial charge in [-0.05, 0) is 43.7 Å². The third-order valence-electron chi connectivity index (χ3n) is 5.44. The molecule has 1 aliphatic rings. The molecule has 0 amide bonds. The van der Waals surface area contributed by atoms with Crippen LogP contribution in [0.5, 0.6) is 5.75 Å². The Labute approximate surface area is 168 Å². The van der Waals surface area contributed by atoms with Gasteiger partial charge in [0.2, 0.25) is 0 Å². The van der Waals surface area contributed by atoms with E-state index in [0.29, 0.717) is 19.2 Å². The van der Waals surface area contributed by atoms with Crippen LogP contribution in [0.1, 0.15) is 37.7 Å². The third-order valence-corrected chi connectivity index (χ3v) is 5.44. The largest absolute Gasteiger partial charge is 0.491 e. The van der Waals surface area contributed by atoms with Crippen LogP contribution in [-0.4, -0.2) is 58.7 Å². The van der Waals surface area contributed by atoms with Gasteiger partial charge in [-0.15, -0.1) is 0 Å². The first kappa shape index (κ1) is 20.8. The number of aliphatic hydroxyl groups is 1. The highest BCUT2D eigenvalue weighted by atomic mass is 16.5. The number of benzene rings is 1. The summed E-state index contributed by atoms with van der Waals surface area (Å²) >= 11 is 0. The number of aliphatic hydroxyl groups excluding tert-OH is 1. The van der Waals surface area contributed by atoms with Gasteiger partial charge in [-0.3, -0.25) is 4.68 Å². The van der Waals surface area contributed by atoms with Gasteiger partial charge < -0.3 is 20.1 Å². The first-order valence-corrected chi connectivity index (χ1v) is 10.5. The molecule has 1 aliphatic carbocycles. The lowest BCUT2D eigenvalue weighted by molar-refractivity contribution is 0.0561. The van der Waals surface area contributed by atoms with Crippen molar-refractivity contribution in [2.45, 2.75) is 57.3 Å². The zero-order valence-electron chi connectivity index (χ0n) is 17.0. The summed E-state index contributed by atoms with van der Waals surface area (Å²) in [6, 6.07) is 10.6. The molecule has 6 heteroatoms. The van der Waals surface area contributed by atoms with Gasteiger partial charge in [-0.2, -0.15) is 5.10 Å². The van der Waals surface area contributed by atoms with Crippen molar-refractivity contribution < 1.29 is 9.84 Å². The highest BCUT2D eigenvalue weighted by molar-refractivity contribution is 5.28. The fourth-order valence-electron chi connectivity index (χ4n) is 3.85. The minimum absolute atomic E-state index is 0.327. The number of rotatable bonds is 11. The molecule has 0 bridgehead atoms. The zero-order valence-corrected chi connectivity index (χ0v) is 17.0. The van der Waals surface area contributed by atoms with Crippen LogP contribution in [0, 0.1) is 0 Å². The second kappa shape index (κ2) is 11.2. The molecule has 1 atom stereocenters. The molecule has 6 nitrogen and oxygen atoms in total. The van der Waals surface area contributed by atoms with E-state index in [1.165, 1.54) is 37.7 Å². The number of hydrogen-bond acceptors (Lipinski definition) is 5. The van der Waals surface area contributed by atoms with E-state index in [0.717, 1.165) is 25.4 Å². The zero-order chi connectivity index (χ0) is 19.6.